The second-order valence-corrected chi connectivity index (χ2v) is 5.04. The molecule has 2 heterocycles. The molecule has 3 nitrogen and oxygen atoms in total. The summed E-state index contributed by atoms with van der Waals surface area (Å²) in [6.07, 6.45) is 4.10. The van der Waals surface area contributed by atoms with Crippen LogP contribution in [0.4, 0.5) is 11.4 Å². The molecule has 0 spiro atoms. The van der Waals surface area contributed by atoms with Crippen LogP contribution in [0.3, 0.4) is 0 Å². The average molecular weight is 230 g/mol. The molecule has 1 N–H and O–H groups in total. The van der Waals surface area contributed by atoms with Crippen LogP contribution in [0, 0.1) is 6.92 Å². The summed E-state index contributed by atoms with van der Waals surface area (Å²) < 4.78 is 0. The quantitative estimate of drug-likeness (QED) is 0.804. The van der Waals surface area contributed by atoms with Gasteiger partial charge in [0.05, 0.1) is 0 Å². The lowest BCUT2D eigenvalue weighted by Crippen LogP contribution is -2.22. The van der Waals surface area contributed by atoms with E-state index in [0.717, 1.165) is 12.1 Å². The van der Waals surface area contributed by atoms with Crippen LogP contribution in [0.5, 0.6) is 0 Å². The number of carbonyl (C=O) groups excluding carboxylic acids is 1. The van der Waals surface area contributed by atoms with Crippen molar-refractivity contribution in [1.82, 2.24) is 0 Å². The molecule has 0 unspecified atom stereocenters. The van der Waals surface area contributed by atoms with E-state index in [9.17, 15) is 4.79 Å². The molecule has 0 saturated carbocycles. The highest BCUT2D eigenvalue weighted by molar-refractivity contribution is 5.95. The van der Waals surface area contributed by atoms with Gasteiger partial charge in [-0.15, -0.1) is 0 Å². The van der Waals surface area contributed by atoms with E-state index in [-0.39, 0.29) is 5.91 Å². The van der Waals surface area contributed by atoms with Crippen LogP contribution in [0.25, 0.3) is 0 Å². The van der Waals surface area contributed by atoms with Gasteiger partial charge in [0, 0.05) is 30.9 Å². The molecule has 0 bridgehead atoms. The zero-order valence-corrected chi connectivity index (χ0v) is 10.3. The molecule has 1 aromatic rings. The number of anilines is 2. The van der Waals surface area contributed by atoms with Gasteiger partial charge in [-0.2, -0.15) is 0 Å². The van der Waals surface area contributed by atoms with Gasteiger partial charge in [-0.25, -0.2) is 0 Å². The van der Waals surface area contributed by atoms with Crippen molar-refractivity contribution in [3.63, 3.8) is 0 Å². The first-order chi connectivity index (χ1) is 8.24. The molecule has 17 heavy (non-hydrogen) atoms. The van der Waals surface area contributed by atoms with E-state index in [1.165, 1.54) is 42.7 Å². The summed E-state index contributed by atoms with van der Waals surface area (Å²) in [4.78, 5) is 13.8. The number of nitrogens with zero attached hydrogens (tertiary/aromatic N) is 1. The molecule has 3 heteroatoms. The minimum atomic E-state index is 0.148. The zero-order chi connectivity index (χ0) is 11.8. The highest BCUT2D eigenvalue weighted by Crippen LogP contribution is 2.32. The van der Waals surface area contributed by atoms with Gasteiger partial charge >= 0.3 is 0 Å². The van der Waals surface area contributed by atoms with E-state index >= 15 is 0 Å². The topological polar surface area (TPSA) is 32.3 Å². The summed E-state index contributed by atoms with van der Waals surface area (Å²) in [5.74, 6) is 0.148. The molecule has 90 valence electrons. The minimum Gasteiger partial charge on any atom is -0.372 e. The molecule has 1 fully saturated rings. The van der Waals surface area contributed by atoms with Gasteiger partial charge < -0.3 is 10.2 Å². The second-order valence-electron chi connectivity index (χ2n) is 5.04. The molecular formula is C14H18N2O. The first-order valence-corrected chi connectivity index (χ1v) is 6.42. The molecule has 1 amide bonds. The van der Waals surface area contributed by atoms with Crippen LogP contribution in [0.15, 0.2) is 12.1 Å². The van der Waals surface area contributed by atoms with Crippen molar-refractivity contribution in [3.8, 4) is 0 Å². The van der Waals surface area contributed by atoms with Crippen LogP contribution in [-0.4, -0.2) is 19.0 Å². The van der Waals surface area contributed by atoms with Gasteiger partial charge in [-0.3, -0.25) is 4.79 Å². The molecule has 2 aliphatic heterocycles. The number of hydrogen-bond donors (Lipinski definition) is 1. The highest BCUT2D eigenvalue weighted by Gasteiger charge is 2.20. The largest absolute Gasteiger partial charge is 0.372 e. The van der Waals surface area contributed by atoms with Crippen molar-refractivity contribution >= 4 is 17.3 Å². The average Bonchev–Trinajstić information content (AvgIpc) is 2.83. The molecule has 2 aliphatic rings. The molecule has 0 atom stereocenters. The maximum Gasteiger partial charge on any atom is 0.224 e. The van der Waals surface area contributed by atoms with Crippen molar-refractivity contribution in [1.29, 1.82) is 0 Å². The normalized spacial score (nSPS) is 19.1. The molecule has 1 saturated heterocycles. The van der Waals surface area contributed by atoms with Gasteiger partial charge in [-0.05, 0) is 49.4 Å². The predicted molar refractivity (Wildman–Crippen MR) is 69.6 cm³/mol. The number of aryl methyl sites for hydroxylation is 2. The Hall–Kier alpha value is -1.51. The van der Waals surface area contributed by atoms with Crippen LogP contribution >= 0.6 is 0 Å². The number of hydrogen-bond acceptors (Lipinski definition) is 2. The van der Waals surface area contributed by atoms with Crippen molar-refractivity contribution in [2.24, 2.45) is 0 Å². The van der Waals surface area contributed by atoms with Crippen LogP contribution < -0.4 is 10.2 Å². The number of benzene rings is 1. The third-order valence-electron chi connectivity index (χ3n) is 3.76. The van der Waals surface area contributed by atoms with Crippen LogP contribution in [0.2, 0.25) is 0 Å². The highest BCUT2D eigenvalue weighted by atomic mass is 16.1. The van der Waals surface area contributed by atoms with E-state index < -0.39 is 0 Å². The van der Waals surface area contributed by atoms with Crippen molar-refractivity contribution < 1.29 is 4.79 Å². The molecule has 0 aromatic heterocycles. The summed E-state index contributed by atoms with van der Waals surface area (Å²) in [6.45, 7) is 4.43. The molecule has 0 radical (unpaired) electrons. The van der Waals surface area contributed by atoms with Gasteiger partial charge in [0.25, 0.3) is 0 Å². The number of nitrogens with one attached hydrogen (secondary N) is 1. The Morgan fingerprint density at radius 2 is 1.94 bits per heavy atom. The van der Waals surface area contributed by atoms with Gasteiger partial charge in [0.15, 0.2) is 0 Å². The molecule has 1 aromatic carbocycles. The summed E-state index contributed by atoms with van der Waals surface area (Å²) in [5.41, 5.74) is 4.86. The summed E-state index contributed by atoms with van der Waals surface area (Å²) in [5, 5.41) is 2.99. The lowest BCUT2D eigenvalue weighted by molar-refractivity contribution is -0.116. The minimum absolute atomic E-state index is 0.148. The standard InChI is InChI=1S/C14H18N2O/c1-10-8-12(16-6-2-3-7-16)9-11-4-5-13(17)15-14(10)11/h8-9H,2-7H2,1H3,(H,15,17). The fraction of sp³-hybridized carbons (Fsp3) is 0.500. The first-order valence-electron chi connectivity index (χ1n) is 6.42. The number of carbonyl (C=O) groups is 1. The Balaban J connectivity index is 1.98. The van der Waals surface area contributed by atoms with Crippen LogP contribution in [-0.2, 0) is 11.2 Å². The third kappa shape index (κ3) is 1.90. The van der Waals surface area contributed by atoms with Crippen molar-refractivity contribution in [3.05, 3.63) is 23.3 Å². The maximum absolute atomic E-state index is 11.4. The Morgan fingerprint density at radius 3 is 2.71 bits per heavy atom. The van der Waals surface area contributed by atoms with E-state index in [1.807, 2.05) is 0 Å². The van der Waals surface area contributed by atoms with Gasteiger partial charge in [0.1, 0.15) is 0 Å². The SMILES string of the molecule is Cc1cc(N2CCCC2)cc2c1NC(=O)CC2. The van der Waals surface area contributed by atoms with Crippen molar-refractivity contribution in [2.75, 3.05) is 23.3 Å². The number of fused-ring (bicyclic) bond motifs is 1. The molecule has 3 rings (SSSR count). The summed E-state index contributed by atoms with van der Waals surface area (Å²) in [6, 6.07) is 4.46. The summed E-state index contributed by atoms with van der Waals surface area (Å²) >= 11 is 0. The smallest absolute Gasteiger partial charge is 0.224 e. The van der Waals surface area contributed by atoms with E-state index in [0.29, 0.717) is 6.42 Å². The third-order valence-corrected chi connectivity index (χ3v) is 3.76. The number of amides is 1. The first kappa shape index (κ1) is 10.6. The lowest BCUT2D eigenvalue weighted by Gasteiger charge is -2.24. The zero-order valence-electron chi connectivity index (χ0n) is 10.3. The van der Waals surface area contributed by atoms with Crippen molar-refractivity contribution in [2.45, 2.75) is 32.6 Å². The summed E-state index contributed by atoms with van der Waals surface area (Å²) in [7, 11) is 0. The Labute approximate surface area is 102 Å². The Kier molecular flexibility index (Phi) is 2.54. The lowest BCUT2D eigenvalue weighted by atomic mass is 9.98. The van der Waals surface area contributed by atoms with Crippen LogP contribution in [0.1, 0.15) is 30.4 Å². The monoisotopic (exact) mass is 230 g/mol. The number of rotatable bonds is 1. The molecular weight excluding hydrogens is 212 g/mol. The van der Waals surface area contributed by atoms with E-state index in [1.54, 1.807) is 0 Å². The molecule has 0 aliphatic carbocycles. The Morgan fingerprint density at radius 1 is 1.18 bits per heavy atom. The fourth-order valence-corrected chi connectivity index (χ4v) is 2.82. The second kappa shape index (κ2) is 4.06. The van der Waals surface area contributed by atoms with E-state index in [2.05, 4.69) is 29.3 Å². The van der Waals surface area contributed by atoms with Gasteiger partial charge in [0.2, 0.25) is 5.91 Å². The predicted octanol–water partition coefficient (Wildman–Crippen LogP) is 2.48. The Bertz CT molecular complexity index is 462. The van der Waals surface area contributed by atoms with Gasteiger partial charge in [-0.1, -0.05) is 0 Å². The maximum atomic E-state index is 11.4. The fourth-order valence-electron chi connectivity index (χ4n) is 2.82. The van der Waals surface area contributed by atoms with E-state index in [4.69, 9.17) is 0 Å².